The lowest BCUT2D eigenvalue weighted by Crippen LogP contribution is -2.27. The summed E-state index contributed by atoms with van der Waals surface area (Å²) in [5.41, 5.74) is 4.45. The van der Waals surface area contributed by atoms with Crippen molar-refractivity contribution in [3.63, 3.8) is 0 Å². The van der Waals surface area contributed by atoms with Gasteiger partial charge in [-0.05, 0) is 37.3 Å². The van der Waals surface area contributed by atoms with Crippen LogP contribution in [0, 0.1) is 5.82 Å². The molecule has 0 aliphatic carbocycles. The molecule has 3 aromatic carbocycles. The first-order valence-electron chi connectivity index (χ1n) is 11.2. The fraction of sp³-hybridized carbons (Fsp3) is 0.154. The predicted octanol–water partition coefficient (Wildman–Crippen LogP) is 4.66. The molecule has 1 aromatic heterocycles. The van der Waals surface area contributed by atoms with Crippen molar-refractivity contribution in [1.82, 2.24) is 20.2 Å². The minimum absolute atomic E-state index is 0.286. The monoisotopic (exact) mass is 504 g/mol. The van der Waals surface area contributed by atoms with Gasteiger partial charge in [-0.1, -0.05) is 60.3 Å². The van der Waals surface area contributed by atoms with Crippen molar-refractivity contribution in [3.05, 3.63) is 96.1 Å². The maximum absolute atomic E-state index is 13.7. The van der Waals surface area contributed by atoms with Crippen LogP contribution in [0.15, 0.2) is 89.1 Å². The number of hydrogen-bond donors (Lipinski definition) is 2. The summed E-state index contributed by atoms with van der Waals surface area (Å²) in [6.07, 6.45) is 1.28. The highest BCUT2D eigenvalue weighted by Crippen LogP contribution is 2.27. The molecule has 10 heteroatoms. The average molecular weight is 505 g/mol. The first-order valence-corrected chi connectivity index (χ1v) is 12.1. The molecule has 0 aliphatic heterocycles. The summed E-state index contributed by atoms with van der Waals surface area (Å²) in [7, 11) is 1.62. The number of para-hydroxylation sites is 3. The molecule has 0 fully saturated rings. The summed E-state index contributed by atoms with van der Waals surface area (Å²) < 4.78 is 21.1. The van der Waals surface area contributed by atoms with Crippen molar-refractivity contribution >= 4 is 29.6 Å². The smallest absolute Gasteiger partial charge is 0.253 e. The molecule has 36 heavy (non-hydrogen) atoms. The van der Waals surface area contributed by atoms with Crippen LogP contribution in [-0.4, -0.2) is 39.2 Å². The van der Waals surface area contributed by atoms with E-state index in [0.717, 1.165) is 17.1 Å². The zero-order valence-corrected chi connectivity index (χ0v) is 20.6. The van der Waals surface area contributed by atoms with Crippen LogP contribution in [-0.2, 0) is 11.3 Å². The largest absolute Gasteiger partial charge is 0.495 e. The number of hydrazone groups is 1. The Hall–Kier alpha value is -4.18. The second-order valence-electron chi connectivity index (χ2n) is 7.64. The van der Waals surface area contributed by atoms with E-state index in [1.54, 1.807) is 32.2 Å². The molecule has 1 heterocycles. The normalized spacial score (nSPS) is 11.9. The average Bonchev–Trinajstić information content (AvgIpc) is 3.31. The van der Waals surface area contributed by atoms with E-state index in [1.165, 1.54) is 24.0 Å². The van der Waals surface area contributed by atoms with Gasteiger partial charge in [0.25, 0.3) is 5.91 Å². The molecule has 1 unspecified atom stereocenters. The fourth-order valence-corrected chi connectivity index (χ4v) is 4.22. The van der Waals surface area contributed by atoms with Gasteiger partial charge in [0.1, 0.15) is 11.6 Å². The number of carbonyl (C=O) groups excluding carboxylic acids is 1. The van der Waals surface area contributed by atoms with E-state index in [9.17, 15) is 9.18 Å². The van der Waals surface area contributed by atoms with Crippen LogP contribution in [0.1, 0.15) is 18.3 Å². The maximum Gasteiger partial charge on any atom is 0.253 e. The third-order valence-electron chi connectivity index (χ3n) is 5.19. The molecule has 184 valence electrons. The van der Waals surface area contributed by atoms with Crippen molar-refractivity contribution in [2.75, 3.05) is 12.4 Å². The number of halogens is 1. The topological polar surface area (TPSA) is 93.4 Å². The first kappa shape index (κ1) is 24.9. The maximum atomic E-state index is 13.7. The third-order valence-corrected chi connectivity index (χ3v) is 6.24. The Morgan fingerprint density at radius 1 is 1.08 bits per heavy atom. The number of thioether (sulfide) groups is 1. The number of aromatic nitrogens is 3. The molecule has 0 saturated heterocycles. The Morgan fingerprint density at radius 3 is 2.58 bits per heavy atom. The van der Waals surface area contributed by atoms with Gasteiger partial charge in [-0.2, -0.15) is 5.10 Å². The number of nitrogens with one attached hydrogen (secondary N) is 2. The molecule has 0 saturated carbocycles. The minimum Gasteiger partial charge on any atom is -0.495 e. The van der Waals surface area contributed by atoms with Gasteiger partial charge in [0.15, 0.2) is 11.0 Å². The number of ether oxygens (including phenoxy) is 1. The lowest BCUT2D eigenvalue weighted by molar-refractivity contribution is -0.120. The number of benzene rings is 3. The molecular formula is C26H25FN6O2S. The summed E-state index contributed by atoms with van der Waals surface area (Å²) in [6.45, 7) is 2.13. The third kappa shape index (κ3) is 6.08. The van der Waals surface area contributed by atoms with E-state index < -0.39 is 11.1 Å². The van der Waals surface area contributed by atoms with Gasteiger partial charge in [-0.3, -0.25) is 9.36 Å². The molecule has 8 nitrogen and oxygen atoms in total. The number of methoxy groups -OCH3 is 1. The van der Waals surface area contributed by atoms with Crippen LogP contribution in [0.4, 0.5) is 10.1 Å². The molecule has 1 amide bonds. The molecule has 0 radical (unpaired) electrons. The number of nitrogens with zero attached hydrogens (tertiary/aromatic N) is 4. The Kier molecular flexibility index (Phi) is 8.30. The SMILES string of the molecule is COc1ccccc1NCc1nnc(SC(C)C(=O)N/N=C/c2ccccc2F)n1-c1ccccc1. The van der Waals surface area contributed by atoms with E-state index in [-0.39, 0.29) is 11.5 Å². The molecule has 1 atom stereocenters. The summed E-state index contributed by atoms with van der Waals surface area (Å²) >= 11 is 1.25. The number of amides is 1. The quantitative estimate of drug-likeness (QED) is 0.185. The molecule has 4 aromatic rings. The Balaban J connectivity index is 1.49. The van der Waals surface area contributed by atoms with Gasteiger partial charge in [-0.25, -0.2) is 9.82 Å². The standard InChI is InChI=1S/C26H25FN6O2S/c1-18(25(34)31-29-16-19-10-6-7-13-21(19)27)36-26-32-30-24(33(26)20-11-4-3-5-12-20)17-28-22-14-8-9-15-23(22)35-2/h3-16,18,28H,17H2,1-2H3,(H,31,34)/b29-16+. The summed E-state index contributed by atoms with van der Waals surface area (Å²) in [6, 6.07) is 23.5. The highest BCUT2D eigenvalue weighted by molar-refractivity contribution is 8.00. The van der Waals surface area contributed by atoms with Crippen LogP contribution in [0.3, 0.4) is 0 Å². The van der Waals surface area contributed by atoms with E-state index in [4.69, 9.17) is 4.74 Å². The molecular weight excluding hydrogens is 479 g/mol. The van der Waals surface area contributed by atoms with Crippen molar-refractivity contribution in [1.29, 1.82) is 0 Å². The summed E-state index contributed by atoms with van der Waals surface area (Å²) in [5, 5.41) is 16.0. The Morgan fingerprint density at radius 2 is 1.81 bits per heavy atom. The predicted molar refractivity (Wildman–Crippen MR) is 139 cm³/mol. The number of anilines is 1. The number of rotatable bonds is 10. The van der Waals surface area contributed by atoms with E-state index in [0.29, 0.717) is 17.5 Å². The number of hydrogen-bond acceptors (Lipinski definition) is 7. The lowest BCUT2D eigenvalue weighted by atomic mass is 10.2. The van der Waals surface area contributed by atoms with Crippen molar-refractivity contribution in [2.45, 2.75) is 23.9 Å². The molecule has 2 N–H and O–H groups in total. The zero-order chi connectivity index (χ0) is 25.3. The van der Waals surface area contributed by atoms with Gasteiger partial charge in [0, 0.05) is 11.3 Å². The highest BCUT2D eigenvalue weighted by atomic mass is 32.2. The van der Waals surface area contributed by atoms with Crippen molar-refractivity contribution in [3.8, 4) is 11.4 Å². The second kappa shape index (κ2) is 12.0. The van der Waals surface area contributed by atoms with Crippen molar-refractivity contribution in [2.24, 2.45) is 5.10 Å². The Labute approximate surface area is 212 Å². The van der Waals surface area contributed by atoms with Gasteiger partial charge in [0.2, 0.25) is 0 Å². The van der Waals surface area contributed by atoms with Crippen LogP contribution in [0.5, 0.6) is 5.75 Å². The minimum atomic E-state index is -0.538. The van der Waals surface area contributed by atoms with Crippen LogP contribution >= 0.6 is 11.8 Å². The molecule has 4 rings (SSSR count). The van der Waals surface area contributed by atoms with Crippen molar-refractivity contribution < 1.29 is 13.9 Å². The van der Waals surface area contributed by atoms with E-state index in [2.05, 4.69) is 26.0 Å². The van der Waals surface area contributed by atoms with E-state index >= 15 is 0 Å². The Bertz CT molecular complexity index is 1350. The highest BCUT2D eigenvalue weighted by Gasteiger charge is 2.21. The van der Waals surface area contributed by atoms with Crippen LogP contribution in [0.2, 0.25) is 0 Å². The zero-order valence-electron chi connectivity index (χ0n) is 19.8. The summed E-state index contributed by atoms with van der Waals surface area (Å²) in [4.78, 5) is 12.6. The molecule has 0 bridgehead atoms. The van der Waals surface area contributed by atoms with Crippen LogP contribution in [0.25, 0.3) is 5.69 Å². The van der Waals surface area contributed by atoms with Gasteiger partial charge in [-0.15, -0.1) is 10.2 Å². The van der Waals surface area contributed by atoms with Gasteiger partial charge >= 0.3 is 0 Å². The fourth-order valence-electron chi connectivity index (χ4n) is 3.34. The molecule has 0 aliphatic rings. The summed E-state index contributed by atoms with van der Waals surface area (Å²) in [5.74, 6) is 0.630. The first-order chi connectivity index (χ1) is 17.6. The van der Waals surface area contributed by atoms with E-state index in [1.807, 2.05) is 59.2 Å². The second-order valence-corrected chi connectivity index (χ2v) is 8.95. The van der Waals surface area contributed by atoms with Gasteiger partial charge < -0.3 is 10.1 Å². The molecule has 0 spiro atoms. The number of carbonyl (C=O) groups is 1. The van der Waals surface area contributed by atoms with Gasteiger partial charge in [0.05, 0.1) is 30.8 Å². The van der Waals surface area contributed by atoms with Crippen LogP contribution < -0.4 is 15.5 Å². The lowest BCUT2D eigenvalue weighted by Gasteiger charge is -2.14.